The number of nitrogens with zero attached hydrogens (tertiary/aromatic N) is 4. The van der Waals surface area contributed by atoms with Crippen LogP contribution in [0.5, 0.6) is 0 Å². The number of carbonyl (C=O) groups excluding carboxylic acids is 1. The van der Waals surface area contributed by atoms with Crippen LogP contribution in [0.1, 0.15) is 32.4 Å². The molecule has 0 radical (unpaired) electrons. The Hall–Kier alpha value is -2.15. The maximum Gasteiger partial charge on any atom is 0.253 e. The Bertz CT molecular complexity index is 795. The van der Waals surface area contributed by atoms with Crippen LogP contribution in [0.4, 0.5) is 0 Å². The largest absolute Gasteiger partial charge is 0.351 e. The maximum atomic E-state index is 12.2. The lowest BCUT2D eigenvalue weighted by molar-refractivity contribution is 0.0950. The molecule has 6 nitrogen and oxygen atoms in total. The number of amides is 1. The summed E-state index contributed by atoms with van der Waals surface area (Å²) in [6.45, 7) is 6.28. The summed E-state index contributed by atoms with van der Waals surface area (Å²) in [5.41, 5.74) is 3.56. The Labute approximate surface area is 126 Å². The summed E-state index contributed by atoms with van der Waals surface area (Å²) >= 11 is 1.54. The average Bonchev–Trinajstić information content (AvgIpc) is 3.03. The fourth-order valence-corrected chi connectivity index (χ4v) is 3.02. The van der Waals surface area contributed by atoms with E-state index in [0.29, 0.717) is 12.1 Å². The SMILES string of the molecule is Cc1nn2cc(CNC(=O)c3cc(C)n(C)c3C)nc2s1. The second-order valence-corrected chi connectivity index (χ2v) is 6.27. The Morgan fingerprint density at radius 1 is 1.38 bits per heavy atom. The minimum absolute atomic E-state index is 0.0725. The van der Waals surface area contributed by atoms with E-state index in [2.05, 4.69) is 15.4 Å². The Kier molecular flexibility index (Phi) is 3.29. The number of nitrogens with one attached hydrogen (secondary N) is 1. The molecule has 0 saturated carbocycles. The minimum atomic E-state index is -0.0725. The maximum absolute atomic E-state index is 12.2. The summed E-state index contributed by atoms with van der Waals surface area (Å²) in [6, 6.07) is 1.90. The summed E-state index contributed by atoms with van der Waals surface area (Å²) < 4.78 is 3.76. The molecule has 1 N–H and O–H groups in total. The number of rotatable bonds is 3. The van der Waals surface area contributed by atoms with Gasteiger partial charge < -0.3 is 9.88 Å². The fourth-order valence-electron chi connectivity index (χ4n) is 2.28. The molecular weight excluding hydrogens is 286 g/mol. The van der Waals surface area contributed by atoms with Crippen LogP contribution in [0.2, 0.25) is 0 Å². The van der Waals surface area contributed by atoms with Gasteiger partial charge in [0.05, 0.1) is 24.0 Å². The molecule has 7 heteroatoms. The standard InChI is InChI=1S/C14H17N5OS/c1-8-5-12(9(2)18(8)4)13(20)15-6-11-7-19-14(16-11)21-10(3)17-19/h5,7H,6H2,1-4H3,(H,15,20). The second kappa shape index (κ2) is 5.00. The first-order valence-electron chi connectivity index (χ1n) is 6.68. The van der Waals surface area contributed by atoms with Gasteiger partial charge in [-0.25, -0.2) is 9.50 Å². The third-order valence-electron chi connectivity index (χ3n) is 3.64. The smallest absolute Gasteiger partial charge is 0.253 e. The Morgan fingerprint density at radius 3 is 2.76 bits per heavy atom. The van der Waals surface area contributed by atoms with E-state index < -0.39 is 0 Å². The molecule has 0 aliphatic rings. The minimum Gasteiger partial charge on any atom is -0.351 e. The zero-order valence-corrected chi connectivity index (χ0v) is 13.3. The molecule has 3 heterocycles. The summed E-state index contributed by atoms with van der Waals surface area (Å²) in [4.78, 5) is 17.5. The molecule has 3 aromatic rings. The van der Waals surface area contributed by atoms with E-state index in [0.717, 1.165) is 27.1 Å². The topological polar surface area (TPSA) is 64.2 Å². The van der Waals surface area contributed by atoms with Gasteiger partial charge in [0.1, 0.15) is 5.01 Å². The summed E-state index contributed by atoms with van der Waals surface area (Å²) in [5.74, 6) is -0.0725. The molecule has 0 aromatic carbocycles. The van der Waals surface area contributed by atoms with Crippen molar-refractivity contribution >= 4 is 22.2 Å². The van der Waals surface area contributed by atoms with E-state index in [1.54, 1.807) is 4.52 Å². The van der Waals surface area contributed by atoms with Crippen molar-refractivity contribution in [1.29, 1.82) is 0 Å². The molecule has 0 unspecified atom stereocenters. The third-order valence-corrected chi connectivity index (χ3v) is 4.48. The van der Waals surface area contributed by atoms with Crippen LogP contribution in [0.3, 0.4) is 0 Å². The molecule has 1 amide bonds. The van der Waals surface area contributed by atoms with E-state index in [-0.39, 0.29) is 5.91 Å². The highest BCUT2D eigenvalue weighted by Crippen LogP contribution is 2.15. The highest BCUT2D eigenvalue weighted by molar-refractivity contribution is 7.16. The highest BCUT2D eigenvalue weighted by Gasteiger charge is 2.14. The van der Waals surface area contributed by atoms with E-state index in [4.69, 9.17) is 0 Å². The lowest BCUT2D eigenvalue weighted by Gasteiger charge is -2.03. The number of aryl methyl sites for hydroxylation is 2. The van der Waals surface area contributed by atoms with E-state index >= 15 is 0 Å². The van der Waals surface area contributed by atoms with Gasteiger partial charge in [0.25, 0.3) is 5.91 Å². The first kappa shape index (κ1) is 13.8. The number of carbonyl (C=O) groups is 1. The molecule has 0 atom stereocenters. The molecule has 21 heavy (non-hydrogen) atoms. The Morgan fingerprint density at radius 2 is 2.14 bits per heavy atom. The molecule has 0 aliphatic carbocycles. The Balaban J connectivity index is 1.72. The fraction of sp³-hybridized carbons (Fsp3) is 0.357. The molecule has 0 fully saturated rings. The van der Waals surface area contributed by atoms with Crippen molar-refractivity contribution in [2.24, 2.45) is 7.05 Å². The molecule has 0 aliphatic heterocycles. The number of imidazole rings is 1. The lowest BCUT2D eigenvalue weighted by atomic mass is 10.2. The summed E-state index contributed by atoms with van der Waals surface area (Å²) in [7, 11) is 1.96. The van der Waals surface area contributed by atoms with Crippen molar-refractivity contribution in [3.8, 4) is 0 Å². The van der Waals surface area contributed by atoms with Crippen molar-refractivity contribution in [2.45, 2.75) is 27.3 Å². The third kappa shape index (κ3) is 2.44. The zero-order valence-electron chi connectivity index (χ0n) is 12.5. The van der Waals surface area contributed by atoms with E-state index in [9.17, 15) is 4.79 Å². The highest BCUT2D eigenvalue weighted by atomic mass is 32.1. The van der Waals surface area contributed by atoms with Gasteiger partial charge in [0.15, 0.2) is 0 Å². The monoisotopic (exact) mass is 303 g/mol. The normalized spacial score (nSPS) is 11.2. The zero-order chi connectivity index (χ0) is 15.1. The van der Waals surface area contributed by atoms with Crippen molar-refractivity contribution in [3.05, 3.63) is 39.9 Å². The van der Waals surface area contributed by atoms with Crippen LogP contribution < -0.4 is 5.32 Å². The molecule has 3 rings (SSSR count). The van der Waals surface area contributed by atoms with Crippen LogP contribution >= 0.6 is 11.3 Å². The van der Waals surface area contributed by atoms with Gasteiger partial charge in [-0.15, -0.1) is 0 Å². The van der Waals surface area contributed by atoms with Crippen molar-refractivity contribution in [2.75, 3.05) is 0 Å². The number of hydrogen-bond donors (Lipinski definition) is 1. The van der Waals surface area contributed by atoms with Gasteiger partial charge >= 0.3 is 0 Å². The number of hydrogen-bond acceptors (Lipinski definition) is 4. The van der Waals surface area contributed by atoms with Crippen LogP contribution in [0.15, 0.2) is 12.3 Å². The number of aromatic nitrogens is 4. The molecule has 0 bridgehead atoms. The first-order chi connectivity index (χ1) is 9.95. The lowest BCUT2D eigenvalue weighted by Crippen LogP contribution is -2.23. The summed E-state index contributed by atoms with van der Waals surface area (Å²) in [5, 5.41) is 8.19. The van der Waals surface area contributed by atoms with Crippen LogP contribution in [0.25, 0.3) is 4.96 Å². The van der Waals surface area contributed by atoms with Gasteiger partial charge in [0.2, 0.25) is 4.96 Å². The van der Waals surface area contributed by atoms with Crippen molar-refractivity contribution in [3.63, 3.8) is 0 Å². The van der Waals surface area contributed by atoms with Crippen molar-refractivity contribution < 1.29 is 4.79 Å². The van der Waals surface area contributed by atoms with Crippen LogP contribution in [0, 0.1) is 20.8 Å². The molecule has 3 aromatic heterocycles. The average molecular weight is 303 g/mol. The van der Waals surface area contributed by atoms with Gasteiger partial charge in [-0.05, 0) is 26.8 Å². The number of fused-ring (bicyclic) bond motifs is 1. The molecular formula is C14H17N5OS. The van der Waals surface area contributed by atoms with Crippen molar-refractivity contribution in [1.82, 2.24) is 24.5 Å². The summed E-state index contributed by atoms with van der Waals surface area (Å²) in [6.07, 6.45) is 1.85. The van der Waals surface area contributed by atoms with Gasteiger partial charge in [-0.1, -0.05) is 11.3 Å². The predicted molar refractivity (Wildman–Crippen MR) is 81.7 cm³/mol. The van der Waals surface area contributed by atoms with Crippen LogP contribution in [-0.2, 0) is 13.6 Å². The quantitative estimate of drug-likeness (QED) is 0.804. The van der Waals surface area contributed by atoms with Gasteiger partial charge in [-0.2, -0.15) is 5.10 Å². The molecule has 0 saturated heterocycles. The van der Waals surface area contributed by atoms with E-state index in [1.165, 1.54) is 11.3 Å². The van der Waals surface area contributed by atoms with Gasteiger partial charge in [-0.3, -0.25) is 4.79 Å². The van der Waals surface area contributed by atoms with E-state index in [1.807, 2.05) is 44.6 Å². The predicted octanol–water partition coefficient (Wildman–Crippen LogP) is 1.98. The molecule has 0 spiro atoms. The van der Waals surface area contributed by atoms with Gasteiger partial charge in [0, 0.05) is 18.4 Å². The molecule has 110 valence electrons. The second-order valence-electron chi connectivity index (χ2n) is 5.11. The first-order valence-corrected chi connectivity index (χ1v) is 7.50. The van der Waals surface area contributed by atoms with Crippen LogP contribution in [-0.4, -0.2) is 25.1 Å².